The molecule has 12 nitrogen and oxygen atoms in total. The van der Waals surface area contributed by atoms with Gasteiger partial charge in [-0.1, -0.05) is 48.6 Å². The van der Waals surface area contributed by atoms with Gasteiger partial charge in [0.15, 0.2) is 0 Å². The van der Waals surface area contributed by atoms with Gasteiger partial charge in [0.25, 0.3) is 0 Å². The number of nitrogens with two attached hydrogens (primary N) is 4. The summed E-state index contributed by atoms with van der Waals surface area (Å²) >= 11 is 0. The first-order valence-corrected chi connectivity index (χ1v) is 22.8. The van der Waals surface area contributed by atoms with Crippen molar-refractivity contribution < 1.29 is 18.9 Å². The maximum absolute atomic E-state index is 6.17. The van der Waals surface area contributed by atoms with E-state index in [1.165, 1.54) is 0 Å². The highest BCUT2D eigenvalue weighted by atomic mass is 16.5. The smallest absolute Gasteiger partial charge is 0.123 e. The molecule has 0 aromatic heterocycles. The third-order valence-corrected chi connectivity index (χ3v) is 11.1. The summed E-state index contributed by atoms with van der Waals surface area (Å²) in [6.07, 6.45) is 20.8. The molecule has 4 aliphatic carbocycles. The van der Waals surface area contributed by atoms with Gasteiger partial charge in [-0.25, -0.2) is 0 Å². The molecule has 0 spiro atoms. The topological polar surface area (TPSA) is 190 Å². The summed E-state index contributed by atoms with van der Waals surface area (Å²) in [5.74, 6) is 8.08. The van der Waals surface area contributed by atoms with Crippen molar-refractivity contribution in [2.24, 2.45) is 66.6 Å². The second-order valence-corrected chi connectivity index (χ2v) is 16.9. The van der Waals surface area contributed by atoms with E-state index in [-0.39, 0.29) is 0 Å². The molecule has 0 radical (unpaired) electrons. The van der Waals surface area contributed by atoms with Gasteiger partial charge >= 0.3 is 0 Å². The van der Waals surface area contributed by atoms with Gasteiger partial charge in [0.1, 0.15) is 23.0 Å². The Balaban J connectivity index is 0.949. The van der Waals surface area contributed by atoms with Crippen LogP contribution in [0.2, 0.25) is 0 Å². The number of nitrogens with zero attached hydrogens (tertiary/aromatic N) is 4. The molecule has 0 atom stereocenters. The van der Waals surface area contributed by atoms with Crippen molar-refractivity contribution in [1.82, 2.24) is 0 Å². The summed E-state index contributed by atoms with van der Waals surface area (Å²) in [6.45, 7) is 4.83. The number of rotatable bonds is 28. The fraction of sp³-hybridized carbons (Fsp3) is 0.480. The fourth-order valence-electron chi connectivity index (χ4n) is 6.70. The average molecular weight is 843 g/mol. The van der Waals surface area contributed by atoms with Crippen LogP contribution in [-0.2, 0) is 0 Å². The zero-order valence-corrected chi connectivity index (χ0v) is 36.3. The molecular weight excluding hydrogens is 777 g/mol. The van der Waals surface area contributed by atoms with Crippen LogP contribution in [0.5, 0.6) is 23.0 Å². The second-order valence-electron chi connectivity index (χ2n) is 16.9. The molecule has 0 bridgehead atoms. The van der Waals surface area contributed by atoms with Crippen molar-refractivity contribution in [3.05, 3.63) is 82.9 Å². The molecule has 4 aliphatic rings. The quantitative estimate of drug-likeness (QED) is 0.0244. The molecule has 0 aliphatic heterocycles. The van der Waals surface area contributed by atoms with Crippen molar-refractivity contribution in [1.29, 1.82) is 0 Å². The van der Waals surface area contributed by atoms with E-state index in [2.05, 4.69) is 68.5 Å². The predicted molar refractivity (Wildman–Crippen MR) is 254 cm³/mol. The van der Waals surface area contributed by atoms with E-state index in [1.807, 2.05) is 36.4 Å². The highest BCUT2D eigenvalue weighted by Gasteiger charge is 2.27. The molecule has 12 heteroatoms. The zero-order valence-electron chi connectivity index (χ0n) is 36.3. The maximum atomic E-state index is 6.17. The highest BCUT2D eigenvalue weighted by molar-refractivity contribution is 5.86. The normalized spacial score (nSPS) is 17.5. The van der Waals surface area contributed by atoms with Gasteiger partial charge in [-0.05, 0) is 97.9 Å². The predicted octanol–water partition coefficient (Wildman–Crippen LogP) is 8.17. The van der Waals surface area contributed by atoms with Crippen molar-refractivity contribution in [2.45, 2.75) is 77.0 Å². The Kier molecular flexibility index (Phi) is 16.3. The molecule has 4 fully saturated rings. The molecule has 4 saturated carbocycles. The van der Waals surface area contributed by atoms with E-state index in [0.717, 1.165) is 146 Å². The van der Waals surface area contributed by atoms with E-state index < -0.39 is 0 Å². The highest BCUT2D eigenvalue weighted by Crippen LogP contribution is 2.31. The van der Waals surface area contributed by atoms with Gasteiger partial charge < -0.3 is 41.9 Å². The first kappa shape index (κ1) is 44.3. The van der Waals surface area contributed by atoms with Gasteiger partial charge in [-0.2, -0.15) is 0 Å². The third-order valence-electron chi connectivity index (χ3n) is 11.1. The minimum Gasteiger partial charge on any atom is -0.493 e. The summed E-state index contributed by atoms with van der Waals surface area (Å²) in [6, 6.07) is 20.5. The number of ether oxygens (including phenoxy) is 4. The van der Waals surface area contributed by atoms with Crippen LogP contribution >= 0.6 is 0 Å². The molecule has 330 valence electrons. The van der Waals surface area contributed by atoms with Gasteiger partial charge in [-0.15, -0.1) is 0 Å². The third kappa shape index (κ3) is 15.9. The molecule has 62 heavy (non-hydrogen) atoms. The molecule has 0 unspecified atom stereocenters. The van der Waals surface area contributed by atoms with Gasteiger partial charge in [0.05, 0.1) is 49.8 Å². The lowest BCUT2D eigenvalue weighted by atomic mass is 10.1. The maximum Gasteiger partial charge on any atom is 0.123 e. The number of benzene rings is 3. The molecule has 0 amide bonds. The SMILES string of the molecule is NC(=NCCCOc1cc(/C=C/c2ccc(/C=C/c3cc(OCCCN=C(N)C4CC4)cc(OCCCN=C(N)C4CC4)c3)cc2)cc(OCCCN=C(N)C2CC2)c1)C1CC1. The summed E-state index contributed by atoms with van der Waals surface area (Å²) in [7, 11) is 0. The van der Waals surface area contributed by atoms with E-state index in [4.69, 9.17) is 41.9 Å². The Morgan fingerprint density at radius 1 is 0.387 bits per heavy atom. The van der Waals surface area contributed by atoms with Crippen molar-refractivity contribution >= 4 is 47.6 Å². The van der Waals surface area contributed by atoms with E-state index in [0.29, 0.717) is 76.3 Å². The monoisotopic (exact) mass is 843 g/mol. The van der Waals surface area contributed by atoms with Crippen molar-refractivity contribution in [3.63, 3.8) is 0 Å². The van der Waals surface area contributed by atoms with E-state index in [9.17, 15) is 0 Å². The average Bonchev–Trinajstić information content (AvgIpc) is 4.09. The second kappa shape index (κ2) is 22.9. The van der Waals surface area contributed by atoms with Crippen LogP contribution in [0.3, 0.4) is 0 Å². The molecule has 8 N–H and O–H groups in total. The van der Waals surface area contributed by atoms with Crippen LogP contribution in [0.15, 0.2) is 80.6 Å². The van der Waals surface area contributed by atoms with E-state index in [1.54, 1.807) is 0 Å². The minimum atomic E-state index is 0.484. The molecule has 7 rings (SSSR count). The number of amidine groups is 4. The van der Waals surface area contributed by atoms with Crippen LogP contribution in [0.1, 0.15) is 99.3 Å². The Labute approximate surface area is 367 Å². The first-order valence-electron chi connectivity index (χ1n) is 22.8. The van der Waals surface area contributed by atoms with Gasteiger partial charge in [-0.3, -0.25) is 20.0 Å². The number of hydrogen-bond acceptors (Lipinski definition) is 8. The van der Waals surface area contributed by atoms with Crippen LogP contribution < -0.4 is 41.9 Å². The Morgan fingerprint density at radius 3 is 0.871 bits per heavy atom. The number of hydrogen-bond donors (Lipinski definition) is 4. The largest absolute Gasteiger partial charge is 0.493 e. The fourth-order valence-corrected chi connectivity index (χ4v) is 6.70. The molecule has 3 aromatic rings. The zero-order chi connectivity index (χ0) is 42.9. The lowest BCUT2D eigenvalue weighted by molar-refractivity contribution is 0.297. The summed E-state index contributed by atoms with van der Waals surface area (Å²) in [5.41, 5.74) is 28.4. The Morgan fingerprint density at radius 2 is 0.629 bits per heavy atom. The lowest BCUT2D eigenvalue weighted by Crippen LogP contribution is -2.15. The van der Waals surface area contributed by atoms with Crippen LogP contribution in [0.25, 0.3) is 24.3 Å². The Bertz CT molecular complexity index is 1840. The lowest BCUT2D eigenvalue weighted by Gasteiger charge is -2.11. The van der Waals surface area contributed by atoms with Gasteiger partial charge in [0, 0.05) is 87.7 Å². The van der Waals surface area contributed by atoms with E-state index >= 15 is 0 Å². The summed E-state index contributed by atoms with van der Waals surface area (Å²) < 4.78 is 24.7. The summed E-state index contributed by atoms with van der Waals surface area (Å²) in [4.78, 5) is 18.1. The van der Waals surface area contributed by atoms with Crippen LogP contribution in [-0.4, -0.2) is 75.9 Å². The van der Waals surface area contributed by atoms with Crippen molar-refractivity contribution in [2.75, 3.05) is 52.6 Å². The first-order chi connectivity index (χ1) is 30.3. The van der Waals surface area contributed by atoms with Crippen LogP contribution in [0.4, 0.5) is 0 Å². The molecule has 3 aromatic carbocycles. The number of aliphatic imine (C=N–C) groups is 4. The standard InChI is InChI=1S/C50H66N8O4/c51-47(39-13-14-39)55-21-1-25-59-43-29-37(30-44(33-43)60-26-2-22-56-48(52)40-15-16-40)11-9-35-5-7-36(8-6-35)10-12-38-31-45(61-27-3-23-57-49(53)41-17-18-41)34-46(32-38)62-28-4-24-58-50(54)42-19-20-42/h5-12,29-34,39-42H,1-4,13-28H2,(H2,51,55)(H2,52,56)(H2,53,57)(H2,54,58)/b11-9+,12-10+. The summed E-state index contributed by atoms with van der Waals surface area (Å²) in [5, 5.41) is 0. The Hall–Kier alpha value is -5.78. The molecule has 0 saturated heterocycles. The van der Waals surface area contributed by atoms with Crippen molar-refractivity contribution in [3.8, 4) is 23.0 Å². The molecular formula is C50H66N8O4. The molecule has 0 heterocycles. The van der Waals surface area contributed by atoms with Crippen LogP contribution in [0, 0.1) is 23.7 Å². The minimum absolute atomic E-state index is 0.484. The van der Waals surface area contributed by atoms with Gasteiger partial charge in [0.2, 0.25) is 0 Å².